The molecule has 0 spiro atoms. The molecule has 1 aliphatic rings. The molecule has 6 nitrogen and oxygen atoms in total. The zero-order valence-corrected chi connectivity index (χ0v) is 11.3. The summed E-state index contributed by atoms with van der Waals surface area (Å²) in [5.41, 5.74) is 0. The summed E-state index contributed by atoms with van der Waals surface area (Å²) in [7, 11) is 0. The maximum atomic E-state index is 10.9. The molecule has 0 radical (unpaired) electrons. The maximum Gasteiger partial charge on any atom is 0.407 e. The van der Waals surface area contributed by atoms with Crippen molar-refractivity contribution in [2.75, 3.05) is 18.4 Å². The van der Waals surface area contributed by atoms with Crippen LogP contribution in [0.15, 0.2) is 24.3 Å². The van der Waals surface area contributed by atoms with E-state index in [9.17, 15) is 4.79 Å². The third kappa shape index (κ3) is 2.34. The Hall–Kier alpha value is -2.08. The van der Waals surface area contributed by atoms with Crippen LogP contribution in [-0.2, 0) is 0 Å². The molecule has 1 amide bonds. The van der Waals surface area contributed by atoms with Gasteiger partial charge in [-0.15, -0.1) is 10.2 Å². The minimum absolute atomic E-state index is 0.0463. The maximum absolute atomic E-state index is 10.9. The number of hydrogen-bond acceptors (Lipinski definition) is 4. The zero-order chi connectivity index (χ0) is 14.1. The van der Waals surface area contributed by atoms with Gasteiger partial charge in [-0.25, -0.2) is 4.79 Å². The van der Waals surface area contributed by atoms with Crippen LogP contribution in [0.1, 0.15) is 6.42 Å². The number of carbonyl (C=O) groups is 1. The van der Waals surface area contributed by atoms with Crippen LogP contribution in [0.3, 0.4) is 0 Å². The number of anilines is 1. The molecule has 3 rings (SSSR count). The first kappa shape index (κ1) is 12.9. The lowest BCUT2D eigenvalue weighted by atomic mass is 10.2. The second-order valence-electron chi connectivity index (χ2n) is 4.74. The van der Waals surface area contributed by atoms with Crippen LogP contribution in [0.2, 0.25) is 5.15 Å². The van der Waals surface area contributed by atoms with E-state index < -0.39 is 6.09 Å². The monoisotopic (exact) mass is 292 g/mol. The molecule has 104 valence electrons. The summed E-state index contributed by atoms with van der Waals surface area (Å²) in [6.45, 7) is 0.986. The van der Waals surface area contributed by atoms with Gasteiger partial charge in [-0.2, -0.15) is 0 Å². The molecule has 1 atom stereocenters. The molecule has 0 saturated carbocycles. The van der Waals surface area contributed by atoms with Crippen molar-refractivity contribution >= 4 is 34.3 Å². The molecule has 1 unspecified atom stereocenters. The number of nitrogens with zero attached hydrogens (tertiary/aromatic N) is 3. The lowest BCUT2D eigenvalue weighted by Gasteiger charge is -2.15. The lowest BCUT2D eigenvalue weighted by molar-refractivity contribution is 0.155. The highest BCUT2D eigenvalue weighted by Crippen LogP contribution is 2.26. The van der Waals surface area contributed by atoms with Crippen LogP contribution in [-0.4, -0.2) is 45.4 Å². The number of rotatable bonds is 2. The summed E-state index contributed by atoms with van der Waals surface area (Å²) >= 11 is 6.02. The highest BCUT2D eigenvalue weighted by Gasteiger charge is 2.26. The van der Waals surface area contributed by atoms with Gasteiger partial charge in [-0.05, 0) is 6.42 Å². The molecule has 1 saturated heterocycles. The van der Waals surface area contributed by atoms with Gasteiger partial charge in [0.05, 0.1) is 0 Å². The summed E-state index contributed by atoms with van der Waals surface area (Å²) in [5, 5.41) is 22.3. The van der Waals surface area contributed by atoms with Gasteiger partial charge in [0.2, 0.25) is 0 Å². The fourth-order valence-corrected chi connectivity index (χ4v) is 2.63. The predicted molar refractivity (Wildman–Crippen MR) is 76.2 cm³/mol. The molecule has 0 aliphatic carbocycles. The van der Waals surface area contributed by atoms with Gasteiger partial charge in [0.15, 0.2) is 11.0 Å². The number of amides is 1. The normalized spacial score (nSPS) is 18.4. The fraction of sp³-hybridized carbons (Fsp3) is 0.308. The lowest BCUT2D eigenvalue weighted by Crippen LogP contribution is -2.30. The standard InChI is InChI=1S/C13H13ClN4O2/c14-11-9-3-1-2-4-10(9)12(17-16-11)15-8-5-6-18(7-8)13(19)20/h1-4,8H,5-7H2,(H,15,17)(H,19,20). The fourth-order valence-electron chi connectivity index (χ4n) is 2.42. The molecule has 1 fully saturated rings. The van der Waals surface area contributed by atoms with Crippen molar-refractivity contribution in [3.05, 3.63) is 29.4 Å². The average Bonchev–Trinajstić information content (AvgIpc) is 2.91. The Bertz CT molecular complexity index is 664. The minimum Gasteiger partial charge on any atom is -0.465 e. The van der Waals surface area contributed by atoms with Crippen molar-refractivity contribution in [2.24, 2.45) is 0 Å². The number of fused-ring (bicyclic) bond motifs is 1. The second kappa shape index (κ2) is 5.13. The van der Waals surface area contributed by atoms with E-state index in [-0.39, 0.29) is 6.04 Å². The number of halogens is 1. The number of benzene rings is 1. The molecule has 1 aliphatic heterocycles. The molecule has 0 bridgehead atoms. The van der Waals surface area contributed by atoms with Gasteiger partial charge < -0.3 is 15.3 Å². The highest BCUT2D eigenvalue weighted by atomic mass is 35.5. The number of hydrogen-bond donors (Lipinski definition) is 2. The van der Waals surface area contributed by atoms with E-state index in [1.807, 2.05) is 24.3 Å². The predicted octanol–water partition coefficient (Wildman–Crippen LogP) is 2.45. The van der Waals surface area contributed by atoms with Crippen LogP contribution in [0, 0.1) is 0 Å². The SMILES string of the molecule is O=C(O)N1CCC(Nc2nnc(Cl)c3ccccc23)C1. The summed E-state index contributed by atoms with van der Waals surface area (Å²) in [6, 6.07) is 7.65. The Morgan fingerprint density at radius 1 is 1.35 bits per heavy atom. The van der Waals surface area contributed by atoms with Crippen molar-refractivity contribution in [1.82, 2.24) is 15.1 Å². The van der Waals surface area contributed by atoms with E-state index in [0.29, 0.717) is 24.1 Å². The molecule has 7 heteroatoms. The largest absolute Gasteiger partial charge is 0.465 e. The van der Waals surface area contributed by atoms with Crippen molar-refractivity contribution in [3.8, 4) is 0 Å². The molecular formula is C13H13ClN4O2. The first-order chi connectivity index (χ1) is 9.65. The van der Waals surface area contributed by atoms with Crippen molar-refractivity contribution < 1.29 is 9.90 Å². The Labute approximate surface area is 120 Å². The van der Waals surface area contributed by atoms with Crippen LogP contribution in [0.4, 0.5) is 10.6 Å². The van der Waals surface area contributed by atoms with Crippen molar-refractivity contribution in [2.45, 2.75) is 12.5 Å². The Balaban J connectivity index is 1.85. The Kier molecular flexibility index (Phi) is 3.31. The number of aromatic nitrogens is 2. The smallest absolute Gasteiger partial charge is 0.407 e. The van der Waals surface area contributed by atoms with Crippen molar-refractivity contribution in [1.29, 1.82) is 0 Å². The third-order valence-corrected chi connectivity index (χ3v) is 3.72. The number of likely N-dealkylation sites (tertiary alicyclic amines) is 1. The average molecular weight is 293 g/mol. The molecular weight excluding hydrogens is 280 g/mol. The molecule has 1 aromatic carbocycles. The summed E-state index contributed by atoms with van der Waals surface area (Å²) in [6.07, 6.45) is -0.133. The minimum atomic E-state index is -0.888. The van der Waals surface area contributed by atoms with Gasteiger partial charge in [0.25, 0.3) is 0 Å². The molecule has 20 heavy (non-hydrogen) atoms. The van der Waals surface area contributed by atoms with Gasteiger partial charge in [-0.1, -0.05) is 35.9 Å². The van der Waals surface area contributed by atoms with E-state index in [1.165, 1.54) is 4.90 Å². The van der Waals surface area contributed by atoms with Gasteiger partial charge in [0, 0.05) is 29.9 Å². The third-order valence-electron chi connectivity index (χ3n) is 3.44. The van der Waals surface area contributed by atoms with Crippen LogP contribution >= 0.6 is 11.6 Å². The van der Waals surface area contributed by atoms with Crippen molar-refractivity contribution in [3.63, 3.8) is 0 Å². The molecule has 2 heterocycles. The second-order valence-corrected chi connectivity index (χ2v) is 5.10. The summed E-state index contributed by atoms with van der Waals surface area (Å²) in [4.78, 5) is 12.3. The number of nitrogens with one attached hydrogen (secondary N) is 1. The van der Waals surface area contributed by atoms with E-state index in [0.717, 1.165) is 17.2 Å². The summed E-state index contributed by atoms with van der Waals surface area (Å²) in [5.74, 6) is 0.641. The van der Waals surface area contributed by atoms with E-state index >= 15 is 0 Å². The quantitative estimate of drug-likeness (QED) is 0.889. The van der Waals surface area contributed by atoms with Gasteiger partial charge >= 0.3 is 6.09 Å². The van der Waals surface area contributed by atoms with E-state index in [4.69, 9.17) is 16.7 Å². The zero-order valence-electron chi connectivity index (χ0n) is 10.6. The molecule has 2 N–H and O–H groups in total. The van der Waals surface area contributed by atoms with E-state index in [1.54, 1.807) is 0 Å². The Morgan fingerprint density at radius 2 is 2.10 bits per heavy atom. The van der Waals surface area contributed by atoms with Gasteiger partial charge in [0.1, 0.15) is 0 Å². The molecule has 2 aromatic rings. The summed E-state index contributed by atoms with van der Waals surface area (Å²) < 4.78 is 0. The van der Waals surface area contributed by atoms with E-state index in [2.05, 4.69) is 15.5 Å². The first-order valence-electron chi connectivity index (χ1n) is 6.30. The van der Waals surface area contributed by atoms with Crippen LogP contribution in [0.25, 0.3) is 10.8 Å². The molecule has 1 aromatic heterocycles. The highest BCUT2D eigenvalue weighted by molar-refractivity contribution is 6.34. The topological polar surface area (TPSA) is 78.4 Å². The van der Waals surface area contributed by atoms with Gasteiger partial charge in [-0.3, -0.25) is 0 Å². The van der Waals surface area contributed by atoms with Crippen LogP contribution < -0.4 is 5.32 Å². The Morgan fingerprint density at radius 3 is 2.80 bits per heavy atom. The first-order valence-corrected chi connectivity index (χ1v) is 6.68. The number of carboxylic acid groups (broad SMARTS) is 1. The van der Waals surface area contributed by atoms with Crippen LogP contribution in [0.5, 0.6) is 0 Å².